The van der Waals surface area contributed by atoms with E-state index in [1.165, 1.54) is 5.56 Å². The number of alkyl halides is 6. The number of rotatable bonds is 6. The number of aromatic nitrogens is 1. The molecule has 2 amide bonds. The predicted molar refractivity (Wildman–Crippen MR) is 162 cm³/mol. The van der Waals surface area contributed by atoms with E-state index in [-0.39, 0.29) is 5.91 Å². The molecule has 0 aliphatic heterocycles. The molecule has 0 aliphatic carbocycles. The molecule has 1 heterocycles. The number of H-pyrrole nitrogens is 1. The second-order valence-corrected chi connectivity index (χ2v) is 9.67. The van der Waals surface area contributed by atoms with E-state index in [2.05, 4.69) is 10.3 Å². The Morgan fingerprint density at radius 3 is 1.76 bits per heavy atom. The van der Waals surface area contributed by atoms with Crippen LogP contribution < -0.4 is 16.8 Å². The molecule has 0 saturated heterocycles. The van der Waals surface area contributed by atoms with Crippen LogP contribution in [-0.4, -0.2) is 62.4 Å². The molecule has 264 valence electrons. The highest BCUT2D eigenvalue weighted by molar-refractivity contribution is 5.98. The molecule has 12 nitrogen and oxygen atoms in total. The molecule has 49 heavy (non-hydrogen) atoms. The summed E-state index contributed by atoms with van der Waals surface area (Å²) in [6, 6.07) is 19.7. The first-order valence-corrected chi connectivity index (χ1v) is 13.5. The number of benzene rings is 3. The molecule has 1 aromatic heterocycles. The number of aromatic amines is 1. The van der Waals surface area contributed by atoms with E-state index in [1.807, 2.05) is 32.0 Å². The van der Waals surface area contributed by atoms with Crippen LogP contribution in [0, 0.1) is 13.8 Å². The number of halogens is 6. The SMILES string of the molecule is Cc1[nH]c2ccc(C(N)=O)cc2c1C.NCc1cccc(C(=O)N[C@@H](C(=O)O)c2ccccc2)c1.O=C(O)C(F)(F)F.O=C(O)C(F)(F)F. The molecule has 4 aromatic rings. The molecular weight excluding hydrogens is 670 g/mol. The highest BCUT2D eigenvalue weighted by atomic mass is 19.4. The summed E-state index contributed by atoms with van der Waals surface area (Å²) in [6.07, 6.45) is -10.2. The Hall–Kier alpha value is -5.91. The fourth-order valence-electron chi connectivity index (χ4n) is 3.60. The van der Waals surface area contributed by atoms with Crippen molar-refractivity contribution in [2.24, 2.45) is 11.5 Å². The van der Waals surface area contributed by atoms with Gasteiger partial charge in [-0.05, 0) is 60.9 Å². The van der Waals surface area contributed by atoms with E-state index in [4.69, 9.17) is 31.3 Å². The van der Waals surface area contributed by atoms with Gasteiger partial charge in [0, 0.05) is 34.3 Å². The van der Waals surface area contributed by atoms with E-state index in [0.717, 1.165) is 22.2 Å². The number of carbonyl (C=O) groups is 5. The molecule has 3 aromatic carbocycles. The Bertz CT molecular complexity index is 1750. The lowest BCUT2D eigenvalue weighted by atomic mass is 10.1. The van der Waals surface area contributed by atoms with Crippen LogP contribution in [0.1, 0.15) is 49.1 Å². The summed E-state index contributed by atoms with van der Waals surface area (Å²) in [6.45, 7) is 4.36. The van der Waals surface area contributed by atoms with E-state index < -0.39 is 42.2 Å². The number of fused-ring (bicyclic) bond motifs is 1. The van der Waals surface area contributed by atoms with Crippen LogP contribution in [-0.2, 0) is 20.9 Å². The third kappa shape index (κ3) is 13.4. The van der Waals surface area contributed by atoms with Crippen molar-refractivity contribution >= 4 is 40.6 Å². The van der Waals surface area contributed by atoms with Gasteiger partial charge in [-0.2, -0.15) is 26.3 Å². The van der Waals surface area contributed by atoms with Gasteiger partial charge in [-0.25, -0.2) is 14.4 Å². The Labute approximate surface area is 273 Å². The molecule has 0 spiro atoms. The zero-order valence-corrected chi connectivity index (χ0v) is 25.5. The largest absolute Gasteiger partial charge is 0.490 e. The van der Waals surface area contributed by atoms with Crippen LogP contribution in [0.5, 0.6) is 0 Å². The van der Waals surface area contributed by atoms with Gasteiger partial charge < -0.3 is 37.1 Å². The summed E-state index contributed by atoms with van der Waals surface area (Å²) in [5, 5.41) is 27.1. The van der Waals surface area contributed by atoms with Gasteiger partial charge in [0.25, 0.3) is 5.91 Å². The molecule has 9 N–H and O–H groups in total. The third-order valence-corrected chi connectivity index (χ3v) is 6.16. The average molecular weight is 701 g/mol. The second-order valence-electron chi connectivity index (χ2n) is 9.67. The summed E-state index contributed by atoms with van der Waals surface area (Å²) in [5.74, 6) is -7.45. The van der Waals surface area contributed by atoms with E-state index in [0.29, 0.717) is 23.2 Å². The number of carbonyl (C=O) groups excluding carboxylic acids is 2. The monoisotopic (exact) mass is 700 g/mol. The van der Waals surface area contributed by atoms with Crippen molar-refractivity contribution in [2.75, 3.05) is 0 Å². The highest BCUT2D eigenvalue weighted by Gasteiger charge is 2.38. The van der Waals surface area contributed by atoms with E-state index in [1.54, 1.807) is 54.6 Å². The molecule has 4 rings (SSSR count). The third-order valence-electron chi connectivity index (χ3n) is 6.16. The van der Waals surface area contributed by atoms with Crippen molar-refractivity contribution < 1.29 is 65.6 Å². The first kappa shape index (κ1) is 41.1. The molecule has 0 unspecified atom stereocenters. The topological polar surface area (TPSA) is 226 Å². The van der Waals surface area contributed by atoms with Crippen LogP contribution in [0.2, 0.25) is 0 Å². The molecule has 1 atom stereocenters. The maximum atomic E-state index is 12.2. The van der Waals surface area contributed by atoms with Gasteiger partial charge >= 0.3 is 30.3 Å². The quantitative estimate of drug-likeness (QED) is 0.136. The Kier molecular flexibility index (Phi) is 15.0. The van der Waals surface area contributed by atoms with Gasteiger partial charge in [-0.15, -0.1) is 0 Å². The number of aliphatic carboxylic acids is 3. The smallest absolute Gasteiger partial charge is 0.479 e. The van der Waals surface area contributed by atoms with Crippen molar-refractivity contribution in [3.63, 3.8) is 0 Å². The predicted octanol–water partition coefficient (Wildman–Crippen LogP) is 4.85. The van der Waals surface area contributed by atoms with Crippen molar-refractivity contribution in [1.29, 1.82) is 0 Å². The number of amides is 2. The minimum atomic E-state index is -5.08. The van der Waals surface area contributed by atoms with Gasteiger partial charge in [-0.3, -0.25) is 9.59 Å². The fraction of sp³-hybridized carbons (Fsp3) is 0.194. The zero-order chi connectivity index (χ0) is 37.7. The first-order chi connectivity index (χ1) is 22.6. The number of carboxylic acids is 3. The average Bonchev–Trinajstić information content (AvgIpc) is 3.32. The first-order valence-electron chi connectivity index (χ1n) is 13.5. The van der Waals surface area contributed by atoms with Gasteiger partial charge in [0.05, 0.1) is 0 Å². The van der Waals surface area contributed by atoms with Gasteiger partial charge in [0.2, 0.25) is 5.91 Å². The van der Waals surface area contributed by atoms with Crippen LogP contribution in [0.4, 0.5) is 26.3 Å². The van der Waals surface area contributed by atoms with Crippen molar-refractivity contribution in [1.82, 2.24) is 10.3 Å². The van der Waals surface area contributed by atoms with E-state index in [9.17, 15) is 45.8 Å². The van der Waals surface area contributed by atoms with Crippen LogP contribution in [0.3, 0.4) is 0 Å². The number of hydrogen-bond donors (Lipinski definition) is 7. The molecule has 0 radical (unpaired) electrons. The van der Waals surface area contributed by atoms with Crippen LogP contribution in [0.25, 0.3) is 10.9 Å². The molecular formula is C31H30F6N4O8. The van der Waals surface area contributed by atoms with Gasteiger partial charge in [0.1, 0.15) is 0 Å². The van der Waals surface area contributed by atoms with Crippen LogP contribution >= 0.6 is 0 Å². The van der Waals surface area contributed by atoms with Gasteiger partial charge in [0.15, 0.2) is 6.04 Å². The molecule has 0 fully saturated rings. The summed E-state index contributed by atoms with van der Waals surface area (Å²) < 4.78 is 63.5. The maximum Gasteiger partial charge on any atom is 0.490 e. The Balaban J connectivity index is 0.000000367. The molecule has 0 saturated carbocycles. The molecule has 0 bridgehead atoms. The summed E-state index contributed by atoms with van der Waals surface area (Å²) in [4.78, 5) is 55.5. The maximum absolute atomic E-state index is 12.2. The Morgan fingerprint density at radius 1 is 0.776 bits per heavy atom. The lowest BCUT2D eigenvalue weighted by Gasteiger charge is -2.15. The highest BCUT2D eigenvalue weighted by Crippen LogP contribution is 2.22. The minimum Gasteiger partial charge on any atom is -0.479 e. The van der Waals surface area contributed by atoms with Gasteiger partial charge in [-0.1, -0.05) is 42.5 Å². The number of aryl methyl sites for hydroxylation is 2. The number of primary amides is 1. The summed E-state index contributed by atoms with van der Waals surface area (Å²) in [5.41, 5.74) is 16.4. The summed E-state index contributed by atoms with van der Waals surface area (Å²) in [7, 11) is 0. The number of hydrogen-bond acceptors (Lipinski definition) is 6. The number of nitrogens with one attached hydrogen (secondary N) is 2. The second kappa shape index (κ2) is 17.9. The van der Waals surface area contributed by atoms with E-state index >= 15 is 0 Å². The normalized spacial score (nSPS) is 11.3. The van der Waals surface area contributed by atoms with Crippen molar-refractivity contribution in [3.8, 4) is 0 Å². The standard InChI is InChI=1S/C16H16N2O3.C11H12N2O.2C2HF3O2/c17-10-11-5-4-8-13(9-11)15(19)18-14(16(20)21)12-6-2-1-3-7-12;1-6-7(2)13-10-4-3-8(11(12)14)5-9(6)10;2*3-2(4,5)1(6)7/h1-9,14H,10,17H2,(H,18,19)(H,20,21);3-5,13H,1-2H3,(H2,12,14);2*(H,6,7)/t14-;;;/m1.../s1. The Morgan fingerprint density at radius 2 is 1.31 bits per heavy atom. The zero-order valence-electron chi connectivity index (χ0n) is 25.5. The lowest BCUT2D eigenvalue weighted by molar-refractivity contribution is -0.193. The van der Waals surface area contributed by atoms with Crippen molar-refractivity contribution in [2.45, 2.75) is 38.8 Å². The molecule has 0 aliphatic rings. The fourth-order valence-corrected chi connectivity index (χ4v) is 3.60. The molecule has 18 heteroatoms. The van der Waals surface area contributed by atoms with Crippen molar-refractivity contribution in [3.05, 3.63) is 106 Å². The lowest BCUT2D eigenvalue weighted by Crippen LogP contribution is -2.33. The summed E-state index contributed by atoms with van der Waals surface area (Å²) >= 11 is 0. The number of carboxylic acid groups (broad SMARTS) is 3. The minimum absolute atomic E-state index is 0.322. The van der Waals surface area contributed by atoms with Crippen LogP contribution in [0.15, 0.2) is 72.8 Å². The number of nitrogens with two attached hydrogens (primary N) is 2.